The third kappa shape index (κ3) is 4.67. The van der Waals surface area contributed by atoms with Crippen LogP contribution in [0.4, 0.5) is 4.39 Å². The lowest BCUT2D eigenvalue weighted by molar-refractivity contribution is -0.121. The molecule has 3 heterocycles. The number of nitrogens with zero attached hydrogens (tertiary/aromatic N) is 3. The van der Waals surface area contributed by atoms with Crippen LogP contribution >= 0.6 is 0 Å². The van der Waals surface area contributed by atoms with E-state index in [0.717, 1.165) is 58.8 Å². The van der Waals surface area contributed by atoms with E-state index >= 15 is 0 Å². The lowest BCUT2D eigenvalue weighted by Crippen LogP contribution is -2.26. The number of hydrogen-bond acceptors (Lipinski definition) is 3. The minimum atomic E-state index is -0.264. The average molecular weight is 446 g/mol. The molecule has 170 valence electrons. The molecular weight excluding hydrogens is 417 g/mol. The minimum Gasteiger partial charge on any atom is -0.356 e. The number of para-hydroxylation sites is 1. The smallest absolute Gasteiger partial charge is 0.220 e. The van der Waals surface area contributed by atoms with Crippen LogP contribution in [0.15, 0.2) is 48.5 Å². The Morgan fingerprint density at radius 3 is 2.76 bits per heavy atom. The van der Waals surface area contributed by atoms with Gasteiger partial charge in [0.1, 0.15) is 17.5 Å². The fraction of sp³-hybridized carbons (Fsp3) is 0.346. The van der Waals surface area contributed by atoms with Crippen molar-refractivity contribution in [3.8, 4) is 11.3 Å². The van der Waals surface area contributed by atoms with Crippen LogP contribution in [-0.4, -0.2) is 32.2 Å². The highest BCUT2D eigenvalue weighted by atomic mass is 19.1. The average Bonchev–Trinajstić information content (AvgIpc) is 3.30. The molecule has 1 aliphatic heterocycles. The third-order valence-electron chi connectivity index (χ3n) is 6.41. The zero-order chi connectivity index (χ0) is 22.6. The van der Waals surface area contributed by atoms with Crippen molar-refractivity contribution >= 4 is 16.8 Å². The van der Waals surface area contributed by atoms with Crippen LogP contribution in [0.5, 0.6) is 0 Å². The number of benzene rings is 2. The highest BCUT2D eigenvalue weighted by molar-refractivity contribution is 5.91. The van der Waals surface area contributed by atoms with Gasteiger partial charge in [0, 0.05) is 48.9 Å². The number of aryl methyl sites for hydroxylation is 2. The van der Waals surface area contributed by atoms with E-state index < -0.39 is 0 Å². The molecule has 0 aliphatic carbocycles. The second kappa shape index (κ2) is 9.57. The molecule has 0 unspecified atom stereocenters. The number of carbonyl (C=O) groups is 1. The Morgan fingerprint density at radius 2 is 1.88 bits per heavy atom. The van der Waals surface area contributed by atoms with Crippen LogP contribution in [0.3, 0.4) is 0 Å². The first-order valence-electron chi connectivity index (χ1n) is 11.7. The summed E-state index contributed by atoms with van der Waals surface area (Å²) in [6.07, 6.45) is 6.21. The summed E-state index contributed by atoms with van der Waals surface area (Å²) in [6.45, 7) is 1.52. The van der Waals surface area contributed by atoms with E-state index in [9.17, 15) is 9.18 Å². The predicted molar refractivity (Wildman–Crippen MR) is 126 cm³/mol. The first-order valence-corrected chi connectivity index (χ1v) is 11.7. The van der Waals surface area contributed by atoms with Crippen molar-refractivity contribution in [1.82, 2.24) is 25.1 Å². The SMILES string of the molecule is O=C(CCc1c(-c2ccc(F)cc2)[nH]c2ccccc12)NCCc1nnc2n1CCCCC2. The van der Waals surface area contributed by atoms with Gasteiger partial charge in [0.05, 0.1) is 0 Å². The molecule has 0 saturated heterocycles. The molecule has 5 rings (SSSR count). The van der Waals surface area contributed by atoms with Crippen LogP contribution in [0.1, 0.15) is 42.9 Å². The number of nitrogens with one attached hydrogen (secondary N) is 2. The maximum Gasteiger partial charge on any atom is 0.220 e. The van der Waals surface area contributed by atoms with Crippen LogP contribution in [0, 0.1) is 5.82 Å². The highest BCUT2D eigenvalue weighted by Gasteiger charge is 2.16. The second-order valence-electron chi connectivity index (χ2n) is 8.63. The molecule has 0 atom stereocenters. The molecule has 33 heavy (non-hydrogen) atoms. The second-order valence-corrected chi connectivity index (χ2v) is 8.63. The first-order chi connectivity index (χ1) is 16.2. The Kier molecular flexibility index (Phi) is 6.19. The van der Waals surface area contributed by atoms with Crippen LogP contribution < -0.4 is 5.32 Å². The highest BCUT2D eigenvalue weighted by Crippen LogP contribution is 2.31. The van der Waals surface area contributed by atoms with E-state index in [2.05, 4.69) is 31.1 Å². The lowest BCUT2D eigenvalue weighted by Gasteiger charge is -2.09. The minimum absolute atomic E-state index is 0.0148. The van der Waals surface area contributed by atoms with Gasteiger partial charge in [-0.3, -0.25) is 4.79 Å². The van der Waals surface area contributed by atoms with E-state index in [1.165, 1.54) is 25.0 Å². The van der Waals surface area contributed by atoms with Crippen LogP contribution in [-0.2, 0) is 30.6 Å². The number of amides is 1. The van der Waals surface area contributed by atoms with E-state index in [1.54, 1.807) is 12.1 Å². The molecule has 4 aromatic rings. The summed E-state index contributed by atoms with van der Waals surface area (Å²) in [7, 11) is 0. The number of aromatic nitrogens is 4. The van der Waals surface area contributed by atoms with Crippen molar-refractivity contribution < 1.29 is 9.18 Å². The summed E-state index contributed by atoms with van der Waals surface area (Å²) in [5, 5.41) is 12.8. The van der Waals surface area contributed by atoms with Crippen molar-refractivity contribution in [2.24, 2.45) is 0 Å². The monoisotopic (exact) mass is 445 g/mol. The van der Waals surface area contributed by atoms with Gasteiger partial charge in [-0.05, 0) is 60.7 Å². The Bertz CT molecular complexity index is 1260. The van der Waals surface area contributed by atoms with E-state index in [-0.39, 0.29) is 11.7 Å². The summed E-state index contributed by atoms with van der Waals surface area (Å²) >= 11 is 0. The van der Waals surface area contributed by atoms with Crippen molar-refractivity contribution in [2.45, 2.75) is 51.5 Å². The topological polar surface area (TPSA) is 75.6 Å². The van der Waals surface area contributed by atoms with Gasteiger partial charge in [-0.2, -0.15) is 0 Å². The number of halogens is 1. The summed E-state index contributed by atoms with van der Waals surface area (Å²) in [5.74, 6) is 1.78. The van der Waals surface area contributed by atoms with E-state index in [0.29, 0.717) is 25.8 Å². The number of aromatic amines is 1. The van der Waals surface area contributed by atoms with Gasteiger partial charge in [-0.15, -0.1) is 10.2 Å². The number of carbonyl (C=O) groups excluding carboxylic acids is 1. The van der Waals surface area contributed by atoms with Gasteiger partial charge in [-0.25, -0.2) is 4.39 Å². The molecule has 2 N–H and O–H groups in total. The predicted octanol–water partition coefficient (Wildman–Crippen LogP) is 4.58. The van der Waals surface area contributed by atoms with Gasteiger partial charge in [0.25, 0.3) is 0 Å². The standard InChI is InChI=1S/C26H28FN5O/c27-19-11-9-18(10-12-19)26-21(20-6-3-4-7-22(20)29-26)13-14-25(33)28-16-15-24-31-30-23-8-2-1-5-17-32(23)24/h3-4,6-7,9-12,29H,1-2,5,8,13-17H2,(H,28,33). The van der Waals surface area contributed by atoms with Gasteiger partial charge in [0.15, 0.2) is 0 Å². The molecule has 0 saturated carbocycles. The Labute approximate surface area is 192 Å². The third-order valence-corrected chi connectivity index (χ3v) is 6.41. The molecular formula is C26H28FN5O. The molecule has 0 radical (unpaired) electrons. The van der Waals surface area contributed by atoms with Crippen molar-refractivity contribution in [2.75, 3.05) is 6.54 Å². The number of fused-ring (bicyclic) bond motifs is 2. The Morgan fingerprint density at radius 1 is 1.03 bits per heavy atom. The normalized spacial score (nSPS) is 13.6. The molecule has 0 bridgehead atoms. The zero-order valence-corrected chi connectivity index (χ0v) is 18.6. The maximum absolute atomic E-state index is 13.4. The zero-order valence-electron chi connectivity index (χ0n) is 18.6. The summed E-state index contributed by atoms with van der Waals surface area (Å²) in [4.78, 5) is 16.1. The van der Waals surface area contributed by atoms with Crippen molar-refractivity contribution in [3.05, 3.63) is 71.6 Å². The number of H-pyrrole nitrogens is 1. The molecule has 1 aliphatic rings. The molecule has 2 aromatic heterocycles. The van der Waals surface area contributed by atoms with Gasteiger partial charge in [0.2, 0.25) is 5.91 Å². The fourth-order valence-corrected chi connectivity index (χ4v) is 4.69. The molecule has 6 nitrogen and oxygen atoms in total. The maximum atomic E-state index is 13.4. The van der Waals surface area contributed by atoms with Gasteiger partial charge in [-0.1, -0.05) is 24.6 Å². The summed E-state index contributed by atoms with van der Waals surface area (Å²) in [6, 6.07) is 14.5. The van der Waals surface area contributed by atoms with Gasteiger partial charge >= 0.3 is 0 Å². The van der Waals surface area contributed by atoms with Crippen molar-refractivity contribution in [1.29, 1.82) is 0 Å². The van der Waals surface area contributed by atoms with Crippen LogP contribution in [0.25, 0.3) is 22.2 Å². The fourth-order valence-electron chi connectivity index (χ4n) is 4.69. The van der Waals surface area contributed by atoms with Crippen molar-refractivity contribution in [3.63, 3.8) is 0 Å². The molecule has 7 heteroatoms. The summed E-state index contributed by atoms with van der Waals surface area (Å²) in [5.41, 5.74) is 3.94. The number of rotatable bonds is 7. The van der Waals surface area contributed by atoms with Gasteiger partial charge < -0.3 is 14.9 Å². The lowest BCUT2D eigenvalue weighted by atomic mass is 10.0. The Hall–Kier alpha value is -3.48. The van der Waals surface area contributed by atoms with E-state index in [4.69, 9.17) is 0 Å². The first kappa shape index (κ1) is 21.4. The Balaban J connectivity index is 1.24. The molecule has 2 aromatic carbocycles. The molecule has 0 spiro atoms. The largest absolute Gasteiger partial charge is 0.356 e. The molecule has 0 fully saturated rings. The van der Waals surface area contributed by atoms with Crippen LogP contribution in [0.2, 0.25) is 0 Å². The molecule has 1 amide bonds. The number of hydrogen-bond donors (Lipinski definition) is 2. The summed E-state index contributed by atoms with van der Waals surface area (Å²) < 4.78 is 15.6. The quantitative estimate of drug-likeness (QED) is 0.437. The van der Waals surface area contributed by atoms with E-state index in [1.807, 2.05) is 18.2 Å².